The van der Waals surface area contributed by atoms with Gasteiger partial charge in [-0.25, -0.2) is 13.7 Å². The van der Waals surface area contributed by atoms with Crippen molar-refractivity contribution in [2.45, 2.75) is 106 Å². The van der Waals surface area contributed by atoms with Gasteiger partial charge in [-0.15, -0.1) is 0 Å². The van der Waals surface area contributed by atoms with Crippen LogP contribution in [0.2, 0.25) is 0 Å². The lowest BCUT2D eigenvalue weighted by Crippen LogP contribution is -2.32. The fraction of sp³-hybridized carbons (Fsp3) is 0.219. The molecule has 0 unspecified atom stereocenters. The zero-order valence-electron chi connectivity index (χ0n) is 63.8. The average molecular weight is 1310 g/mol. The van der Waals surface area contributed by atoms with E-state index in [1.165, 1.54) is 130 Å². The van der Waals surface area contributed by atoms with Gasteiger partial charge in [0.2, 0.25) is 17.1 Å². The minimum absolute atomic E-state index is 0.704. The van der Waals surface area contributed by atoms with Gasteiger partial charge < -0.3 is 4.90 Å². The molecule has 0 N–H and O–H groups in total. The van der Waals surface area contributed by atoms with E-state index in [4.69, 9.17) is 4.11 Å². The van der Waals surface area contributed by atoms with Crippen molar-refractivity contribution in [3.63, 3.8) is 0 Å². The normalized spacial score (nSPS) is 13.1. The van der Waals surface area contributed by atoms with E-state index < -0.39 is 17.7 Å². The first-order valence-electron chi connectivity index (χ1n) is 37.1. The molecule has 1 aliphatic heterocycles. The monoisotopic (exact) mass is 1310 g/mol. The molecule has 0 radical (unpaired) electrons. The molecule has 0 amide bonds. The quantitative estimate of drug-likeness (QED) is 0.111. The van der Waals surface area contributed by atoms with Gasteiger partial charge in [0.15, 0.2) is 18.6 Å². The first-order chi connectivity index (χ1) is 49.3. The van der Waals surface area contributed by atoms with Crippen molar-refractivity contribution in [3.8, 4) is 89.4 Å². The van der Waals surface area contributed by atoms with Crippen LogP contribution in [0.3, 0.4) is 0 Å². The maximum Gasteiger partial charge on any atom is 0.213 e. The lowest BCUT2D eigenvalue weighted by atomic mass is 9.90. The number of benzene rings is 11. The van der Waals surface area contributed by atoms with Crippen molar-refractivity contribution in [2.75, 3.05) is 18.0 Å². The molecule has 0 bridgehead atoms. The van der Waals surface area contributed by atoms with E-state index in [1.807, 2.05) is 47.6 Å². The standard InChI is InChI=1S/C33H32N.C32H30N.C31H35N2/c1-22(2)32-21-34(5)33(30-9-7-6-8-24(30)4)20-31(32)29-17-16-27-18-26(14-15-28(27)19-29)25-12-10-23(3)11-13-25;1-22(2)31-21-33(4)32(29-13-9-8-10-23(29)3)20-30(31)28-17-16-26-18-25(14-15-27(26)19-28)24-11-6-5-7-12-24;1-22(2)30-21-32(4)31(28-11-7-6-10-23(28)3)20-29(30)26-13-12-25-19-27(15-14-24(25)18-26)33-16-8-5-9-17-33/h6-22H,1-5H3;5-22H,1-4H3;6-7,10-15,18-22H,5,8-9,16-17H2,1-4H3/q3*+1/i3*22D. The molecule has 4 heteroatoms. The fourth-order valence-electron chi connectivity index (χ4n) is 14.6. The van der Waals surface area contributed by atoms with Gasteiger partial charge in [0.25, 0.3) is 0 Å². The van der Waals surface area contributed by atoms with Crippen molar-refractivity contribution >= 4 is 38.0 Å². The number of aromatic nitrogens is 3. The molecule has 14 aromatic rings. The van der Waals surface area contributed by atoms with Crippen molar-refractivity contribution in [3.05, 3.63) is 312 Å². The number of rotatable bonds is 12. The lowest BCUT2D eigenvalue weighted by molar-refractivity contribution is -0.660. The maximum atomic E-state index is 8.87. The molecule has 1 fully saturated rings. The van der Waals surface area contributed by atoms with Gasteiger partial charge in [0.1, 0.15) is 21.1 Å². The zero-order chi connectivity index (χ0) is 72.5. The van der Waals surface area contributed by atoms with E-state index in [0.29, 0.717) is 0 Å². The summed E-state index contributed by atoms with van der Waals surface area (Å²) in [6.07, 6.45) is 10.3. The minimum Gasteiger partial charge on any atom is -0.372 e. The van der Waals surface area contributed by atoms with E-state index in [9.17, 15) is 0 Å². The Labute approximate surface area is 599 Å². The Morgan fingerprint density at radius 1 is 0.290 bits per heavy atom. The first-order valence-corrected chi connectivity index (χ1v) is 35.6. The van der Waals surface area contributed by atoms with Crippen LogP contribution in [0.15, 0.2) is 273 Å². The number of fused-ring (bicyclic) bond motifs is 3. The predicted octanol–water partition coefficient (Wildman–Crippen LogP) is 23.9. The van der Waals surface area contributed by atoms with Gasteiger partial charge in [0, 0.05) is 74.5 Å². The molecule has 0 atom stereocenters. The number of piperidine rings is 1. The molecule has 4 heterocycles. The smallest absolute Gasteiger partial charge is 0.213 e. The lowest BCUT2D eigenvalue weighted by Gasteiger charge is -2.29. The molecule has 0 aliphatic carbocycles. The second-order valence-corrected chi connectivity index (χ2v) is 28.3. The van der Waals surface area contributed by atoms with Gasteiger partial charge in [-0.3, -0.25) is 0 Å². The third kappa shape index (κ3) is 14.8. The van der Waals surface area contributed by atoms with Gasteiger partial charge in [-0.2, -0.15) is 0 Å². The summed E-state index contributed by atoms with van der Waals surface area (Å²) in [7, 11) is 6.24. The summed E-state index contributed by atoms with van der Waals surface area (Å²) >= 11 is 0. The molecule has 0 spiro atoms. The summed E-state index contributed by atoms with van der Waals surface area (Å²) in [5, 5.41) is 7.38. The summed E-state index contributed by atoms with van der Waals surface area (Å²) < 4.78 is 33.1. The van der Waals surface area contributed by atoms with E-state index >= 15 is 0 Å². The highest BCUT2D eigenvalue weighted by molar-refractivity contribution is 5.94. The zero-order valence-corrected chi connectivity index (χ0v) is 60.8. The highest BCUT2D eigenvalue weighted by Crippen LogP contribution is 2.39. The van der Waals surface area contributed by atoms with E-state index in [0.717, 1.165) is 69.0 Å². The Balaban J connectivity index is 0.000000138. The molecule has 4 nitrogen and oxygen atoms in total. The second-order valence-electron chi connectivity index (χ2n) is 28.3. The van der Waals surface area contributed by atoms with E-state index in [2.05, 4.69) is 335 Å². The summed E-state index contributed by atoms with van der Waals surface area (Å²) in [6.45, 7) is 22.7. The van der Waals surface area contributed by atoms with Crippen LogP contribution in [0.5, 0.6) is 0 Å². The molecule has 1 aliphatic rings. The van der Waals surface area contributed by atoms with Crippen LogP contribution in [-0.2, 0) is 21.1 Å². The molecule has 0 saturated carbocycles. The Morgan fingerprint density at radius 3 is 0.950 bits per heavy atom. The molecular weight excluding hydrogens is 1210 g/mol. The third-order valence-electron chi connectivity index (χ3n) is 20.4. The van der Waals surface area contributed by atoms with Gasteiger partial charge in [-0.1, -0.05) is 223 Å². The van der Waals surface area contributed by atoms with Crippen LogP contribution in [0.4, 0.5) is 5.69 Å². The molecule has 498 valence electrons. The van der Waals surface area contributed by atoms with Crippen LogP contribution < -0.4 is 18.6 Å². The highest BCUT2D eigenvalue weighted by Gasteiger charge is 2.24. The van der Waals surface area contributed by atoms with Crippen molar-refractivity contribution in [1.29, 1.82) is 0 Å². The van der Waals surface area contributed by atoms with Crippen LogP contribution in [-0.4, -0.2) is 13.1 Å². The van der Waals surface area contributed by atoms with Gasteiger partial charge in [0.05, 0.1) is 0 Å². The number of nitrogens with zero attached hydrogens (tertiary/aromatic N) is 4. The van der Waals surface area contributed by atoms with Crippen LogP contribution in [0.25, 0.3) is 122 Å². The summed E-state index contributed by atoms with van der Waals surface area (Å²) in [5.41, 5.74) is 28.3. The average Bonchev–Trinajstić information content (AvgIpc) is 0.765. The number of anilines is 1. The van der Waals surface area contributed by atoms with Crippen LogP contribution >= 0.6 is 0 Å². The SMILES string of the molecule is [2H]C(C)(C)c1c[n+](C)c(-c2ccccc2C)cc1-c1ccc2cc(-c3ccc(C)cc3)ccc2c1.[2H]C(C)(C)c1c[n+](C)c(-c2ccccc2C)cc1-c1ccc2cc(-c3ccccc3)ccc2c1.[2H]C(C)(C)c1c[n+](C)c(-c2ccccc2C)cc1-c1ccc2cc(N3CCCCC3)ccc2c1. The van der Waals surface area contributed by atoms with Crippen molar-refractivity contribution in [2.24, 2.45) is 21.1 Å². The summed E-state index contributed by atoms with van der Waals surface area (Å²) in [6, 6.07) is 91.8. The fourth-order valence-corrected chi connectivity index (χ4v) is 14.6. The van der Waals surface area contributed by atoms with Crippen molar-refractivity contribution < 1.29 is 17.8 Å². The van der Waals surface area contributed by atoms with Gasteiger partial charge >= 0.3 is 0 Å². The third-order valence-corrected chi connectivity index (χ3v) is 20.4. The first kappa shape index (κ1) is 64.1. The number of pyridine rings is 3. The second kappa shape index (κ2) is 29.9. The summed E-state index contributed by atoms with van der Waals surface area (Å²) in [4.78, 5) is 2.52. The molecule has 3 aromatic heterocycles. The van der Waals surface area contributed by atoms with E-state index in [-0.39, 0.29) is 0 Å². The summed E-state index contributed by atoms with van der Waals surface area (Å²) in [5.74, 6) is -2.14. The van der Waals surface area contributed by atoms with Crippen LogP contribution in [0.1, 0.15) is 122 Å². The molecule has 100 heavy (non-hydrogen) atoms. The molecule has 1 saturated heterocycles. The Bertz CT molecular complexity index is 5450. The Kier molecular flexibility index (Phi) is 19.2. The number of aryl methyl sites for hydroxylation is 7. The maximum absolute atomic E-state index is 8.87. The van der Waals surface area contributed by atoms with Crippen molar-refractivity contribution in [1.82, 2.24) is 0 Å². The Morgan fingerprint density at radius 2 is 0.590 bits per heavy atom. The van der Waals surface area contributed by atoms with Crippen LogP contribution in [0, 0.1) is 27.7 Å². The predicted molar refractivity (Wildman–Crippen MR) is 426 cm³/mol. The molecule has 15 rings (SSSR count). The molecule has 11 aromatic carbocycles. The van der Waals surface area contributed by atoms with Gasteiger partial charge in [-0.05, 0) is 230 Å². The number of hydrogen-bond donors (Lipinski definition) is 0. The highest BCUT2D eigenvalue weighted by atomic mass is 15.1. The Hall–Kier alpha value is -10.6. The topological polar surface area (TPSA) is 14.9 Å². The number of hydrogen-bond acceptors (Lipinski definition) is 1. The molecular formula is C96H97N4+3. The minimum atomic E-state index is -0.721. The van der Waals surface area contributed by atoms with E-state index in [1.54, 1.807) is 0 Å². The largest absolute Gasteiger partial charge is 0.372 e.